The highest BCUT2D eigenvalue weighted by molar-refractivity contribution is 7.99. The van der Waals surface area contributed by atoms with Gasteiger partial charge in [0, 0.05) is 11.3 Å². The van der Waals surface area contributed by atoms with Gasteiger partial charge in [-0.25, -0.2) is 9.07 Å². The van der Waals surface area contributed by atoms with Gasteiger partial charge in [-0.15, -0.1) is 10.2 Å². The van der Waals surface area contributed by atoms with Gasteiger partial charge in [0.15, 0.2) is 5.82 Å². The molecule has 0 fully saturated rings. The molecule has 0 bridgehead atoms. The summed E-state index contributed by atoms with van der Waals surface area (Å²) < 4.78 is 25.3. The van der Waals surface area contributed by atoms with E-state index in [0.29, 0.717) is 35.7 Å². The van der Waals surface area contributed by atoms with E-state index >= 15 is 0 Å². The van der Waals surface area contributed by atoms with E-state index < -0.39 is 0 Å². The Bertz CT molecular complexity index is 837. The minimum Gasteiger partial charge on any atom is -0.494 e. The molecule has 6 nitrogen and oxygen atoms in total. The SMILES string of the molecule is CCOc1ccc(-c2nnc(SCCOc3ccc(F)cc3)n2N)cc1. The number of thioether (sulfide) groups is 1. The molecule has 0 amide bonds. The highest BCUT2D eigenvalue weighted by Crippen LogP contribution is 2.23. The second kappa shape index (κ2) is 8.57. The van der Waals surface area contributed by atoms with Gasteiger partial charge < -0.3 is 15.3 Å². The fraction of sp³-hybridized carbons (Fsp3) is 0.222. The third-order valence-electron chi connectivity index (χ3n) is 3.48. The number of nitrogens with zero attached hydrogens (tertiary/aromatic N) is 3. The van der Waals surface area contributed by atoms with Crippen molar-refractivity contribution in [2.24, 2.45) is 0 Å². The van der Waals surface area contributed by atoms with E-state index in [4.69, 9.17) is 15.3 Å². The van der Waals surface area contributed by atoms with Crippen LogP contribution >= 0.6 is 11.8 Å². The molecule has 0 saturated carbocycles. The molecule has 26 heavy (non-hydrogen) atoms. The molecule has 3 aromatic rings. The summed E-state index contributed by atoms with van der Waals surface area (Å²) in [6.07, 6.45) is 0. The molecule has 0 aliphatic rings. The quantitative estimate of drug-likeness (QED) is 0.370. The molecule has 3 rings (SSSR count). The van der Waals surface area contributed by atoms with Crippen LogP contribution in [0.2, 0.25) is 0 Å². The van der Waals surface area contributed by atoms with E-state index in [1.807, 2.05) is 31.2 Å². The minimum absolute atomic E-state index is 0.287. The number of halogens is 1. The molecule has 1 heterocycles. The maximum atomic E-state index is 12.8. The molecule has 1 aromatic heterocycles. The van der Waals surface area contributed by atoms with Gasteiger partial charge in [0.25, 0.3) is 0 Å². The van der Waals surface area contributed by atoms with Crippen molar-refractivity contribution in [3.63, 3.8) is 0 Å². The van der Waals surface area contributed by atoms with Gasteiger partial charge in [-0.3, -0.25) is 0 Å². The Balaban J connectivity index is 1.55. The molecule has 0 unspecified atom stereocenters. The van der Waals surface area contributed by atoms with E-state index in [9.17, 15) is 4.39 Å². The predicted octanol–water partition coefficient (Wildman–Crippen LogP) is 3.37. The Labute approximate surface area is 155 Å². The molecule has 2 N–H and O–H groups in total. The van der Waals surface area contributed by atoms with E-state index in [0.717, 1.165) is 11.3 Å². The van der Waals surface area contributed by atoms with Crippen LogP contribution in [0.15, 0.2) is 53.7 Å². The normalized spacial score (nSPS) is 10.7. The van der Waals surface area contributed by atoms with Crippen molar-refractivity contribution in [2.45, 2.75) is 12.1 Å². The molecule has 136 valence electrons. The number of hydrogen-bond acceptors (Lipinski definition) is 6. The van der Waals surface area contributed by atoms with Gasteiger partial charge in [0.05, 0.1) is 13.2 Å². The first-order valence-electron chi connectivity index (χ1n) is 8.12. The summed E-state index contributed by atoms with van der Waals surface area (Å²) in [5.74, 6) is 8.45. The van der Waals surface area contributed by atoms with Crippen molar-refractivity contribution in [3.05, 3.63) is 54.3 Å². The second-order valence-corrected chi connectivity index (χ2v) is 6.35. The number of nitrogen functional groups attached to an aromatic ring is 1. The van der Waals surface area contributed by atoms with Crippen LogP contribution in [0.4, 0.5) is 4.39 Å². The molecular formula is C18H19FN4O2S. The zero-order chi connectivity index (χ0) is 18.4. The van der Waals surface area contributed by atoms with Crippen LogP contribution in [0.5, 0.6) is 11.5 Å². The molecule has 0 saturated heterocycles. The monoisotopic (exact) mass is 374 g/mol. The highest BCUT2D eigenvalue weighted by Gasteiger charge is 2.12. The fourth-order valence-corrected chi connectivity index (χ4v) is 2.94. The molecule has 0 aliphatic carbocycles. The average Bonchev–Trinajstić information content (AvgIpc) is 3.02. The number of aromatic nitrogens is 3. The second-order valence-electron chi connectivity index (χ2n) is 5.28. The first-order valence-corrected chi connectivity index (χ1v) is 9.11. The Hall–Kier alpha value is -2.74. The number of ether oxygens (including phenoxy) is 2. The number of nitrogens with two attached hydrogens (primary N) is 1. The Morgan fingerprint density at radius 1 is 1.00 bits per heavy atom. The average molecular weight is 374 g/mol. The summed E-state index contributed by atoms with van der Waals surface area (Å²) in [5, 5.41) is 8.87. The van der Waals surface area contributed by atoms with Crippen LogP contribution < -0.4 is 15.3 Å². The lowest BCUT2D eigenvalue weighted by Gasteiger charge is -2.07. The van der Waals surface area contributed by atoms with Crippen molar-refractivity contribution < 1.29 is 13.9 Å². The predicted molar refractivity (Wildman–Crippen MR) is 99.4 cm³/mol. The zero-order valence-electron chi connectivity index (χ0n) is 14.3. The molecule has 0 spiro atoms. The van der Waals surface area contributed by atoms with Crippen LogP contribution in [0, 0.1) is 5.82 Å². The van der Waals surface area contributed by atoms with Gasteiger partial charge in [-0.1, -0.05) is 11.8 Å². The Morgan fingerprint density at radius 3 is 2.35 bits per heavy atom. The van der Waals surface area contributed by atoms with Crippen LogP contribution in [0.25, 0.3) is 11.4 Å². The third kappa shape index (κ3) is 4.45. The van der Waals surface area contributed by atoms with Crippen molar-refractivity contribution in [1.29, 1.82) is 0 Å². The van der Waals surface area contributed by atoms with Crippen LogP contribution in [-0.2, 0) is 0 Å². The summed E-state index contributed by atoms with van der Waals surface area (Å²) in [7, 11) is 0. The van der Waals surface area contributed by atoms with E-state index in [-0.39, 0.29) is 5.82 Å². The summed E-state index contributed by atoms with van der Waals surface area (Å²) in [4.78, 5) is 0. The lowest BCUT2D eigenvalue weighted by atomic mass is 10.2. The van der Waals surface area contributed by atoms with Crippen LogP contribution in [0.3, 0.4) is 0 Å². The van der Waals surface area contributed by atoms with Gasteiger partial charge in [-0.05, 0) is 55.5 Å². The van der Waals surface area contributed by atoms with Crippen molar-refractivity contribution in [1.82, 2.24) is 14.9 Å². The molecule has 2 aromatic carbocycles. The van der Waals surface area contributed by atoms with Crippen LogP contribution in [-0.4, -0.2) is 33.8 Å². The van der Waals surface area contributed by atoms with Gasteiger partial charge in [0.1, 0.15) is 17.3 Å². The fourth-order valence-electron chi connectivity index (χ4n) is 2.26. The van der Waals surface area contributed by atoms with Crippen molar-refractivity contribution in [3.8, 4) is 22.9 Å². The zero-order valence-corrected chi connectivity index (χ0v) is 15.1. The molecular weight excluding hydrogens is 355 g/mol. The van der Waals surface area contributed by atoms with Crippen molar-refractivity contribution >= 4 is 11.8 Å². The molecule has 0 atom stereocenters. The number of benzene rings is 2. The molecule has 8 heteroatoms. The number of rotatable bonds is 8. The van der Waals surface area contributed by atoms with E-state index in [2.05, 4.69) is 10.2 Å². The maximum Gasteiger partial charge on any atom is 0.210 e. The van der Waals surface area contributed by atoms with E-state index in [1.54, 1.807) is 12.1 Å². The Kier molecular flexibility index (Phi) is 5.96. The maximum absolute atomic E-state index is 12.8. The summed E-state index contributed by atoms with van der Waals surface area (Å²) in [5.41, 5.74) is 0.859. The first-order chi connectivity index (χ1) is 12.7. The largest absolute Gasteiger partial charge is 0.494 e. The van der Waals surface area contributed by atoms with Gasteiger partial charge >= 0.3 is 0 Å². The number of hydrogen-bond donors (Lipinski definition) is 1. The first kappa shape index (κ1) is 18.1. The molecule has 0 radical (unpaired) electrons. The summed E-state index contributed by atoms with van der Waals surface area (Å²) in [6.45, 7) is 3.00. The third-order valence-corrected chi connectivity index (χ3v) is 4.39. The Morgan fingerprint density at radius 2 is 1.65 bits per heavy atom. The smallest absolute Gasteiger partial charge is 0.210 e. The lowest BCUT2D eigenvalue weighted by Crippen LogP contribution is -2.12. The van der Waals surface area contributed by atoms with Crippen LogP contribution in [0.1, 0.15) is 6.92 Å². The van der Waals surface area contributed by atoms with Gasteiger partial charge in [-0.2, -0.15) is 0 Å². The highest BCUT2D eigenvalue weighted by atomic mass is 32.2. The molecule has 0 aliphatic heterocycles. The van der Waals surface area contributed by atoms with E-state index in [1.165, 1.54) is 28.6 Å². The standard InChI is InChI=1S/C18H19FN4O2S/c1-2-24-15-7-3-13(4-8-15)17-21-22-18(23(17)20)26-12-11-25-16-9-5-14(19)6-10-16/h3-10H,2,11-12,20H2,1H3. The topological polar surface area (TPSA) is 75.2 Å². The summed E-state index contributed by atoms with van der Waals surface area (Å²) >= 11 is 1.44. The lowest BCUT2D eigenvalue weighted by molar-refractivity contribution is 0.340. The summed E-state index contributed by atoms with van der Waals surface area (Å²) in [6, 6.07) is 13.4. The minimum atomic E-state index is -0.287. The van der Waals surface area contributed by atoms with Gasteiger partial charge in [0.2, 0.25) is 5.16 Å². The van der Waals surface area contributed by atoms with Crippen molar-refractivity contribution in [2.75, 3.05) is 24.8 Å².